The molecule has 2 heterocycles. The molecule has 0 radical (unpaired) electrons. The second-order valence-corrected chi connectivity index (χ2v) is 4.22. The normalized spacial score (nSPS) is 10.5. The van der Waals surface area contributed by atoms with Crippen LogP contribution in [0.25, 0.3) is 0 Å². The van der Waals surface area contributed by atoms with Gasteiger partial charge >= 0.3 is 5.82 Å². The molecule has 0 atom stereocenters. The Bertz CT molecular complexity index is 626. The van der Waals surface area contributed by atoms with Crippen molar-refractivity contribution in [1.82, 2.24) is 19.7 Å². The van der Waals surface area contributed by atoms with Crippen molar-refractivity contribution in [1.29, 1.82) is 0 Å². The van der Waals surface area contributed by atoms with Crippen LogP contribution < -0.4 is 5.32 Å². The highest BCUT2D eigenvalue weighted by Crippen LogP contribution is 2.21. The highest BCUT2D eigenvalue weighted by molar-refractivity contribution is 6.32. The van der Waals surface area contributed by atoms with Crippen molar-refractivity contribution < 1.29 is 4.92 Å². The first-order valence-corrected chi connectivity index (χ1v) is 5.77. The van der Waals surface area contributed by atoms with Gasteiger partial charge in [-0.25, -0.2) is 9.97 Å². The Kier molecular flexibility index (Phi) is 3.61. The van der Waals surface area contributed by atoms with Crippen LogP contribution in [0.2, 0.25) is 5.02 Å². The summed E-state index contributed by atoms with van der Waals surface area (Å²) in [5.74, 6) is 0.803. The lowest BCUT2D eigenvalue weighted by Crippen LogP contribution is -2.08. The van der Waals surface area contributed by atoms with Crippen LogP contribution in [0.4, 0.5) is 11.6 Å². The lowest BCUT2D eigenvalue weighted by Gasteiger charge is -2.03. The van der Waals surface area contributed by atoms with Gasteiger partial charge in [0.15, 0.2) is 10.8 Å². The van der Waals surface area contributed by atoms with Crippen molar-refractivity contribution in [2.45, 2.75) is 13.5 Å². The fraction of sp³-hybridized carbons (Fsp3) is 0.300. The maximum atomic E-state index is 10.6. The Labute approximate surface area is 113 Å². The number of rotatable bonds is 4. The van der Waals surface area contributed by atoms with Crippen LogP contribution in [0.3, 0.4) is 0 Å². The molecule has 0 spiro atoms. The van der Waals surface area contributed by atoms with Crippen molar-refractivity contribution in [3.05, 3.63) is 38.9 Å². The highest BCUT2D eigenvalue weighted by Gasteiger charge is 2.19. The van der Waals surface area contributed by atoms with Crippen LogP contribution in [0.15, 0.2) is 12.3 Å². The molecule has 19 heavy (non-hydrogen) atoms. The third kappa shape index (κ3) is 2.97. The SMILES string of the molecule is CNc1cc(C)nc(Cn2cc(Cl)c([N+](=O)[O-])n2)n1. The Morgan fingerprint density at radius 1 is 1.53 bits per heavy atom. The lowest BCUT2D eigenvalue weighted by molar-refractivity contribution is -0.389. The predicted molar refractivity (Wildman–Crippen MR) is 69.3 cm³/mol. The zero-order valence-corrected chi connectivity index (χ0v) is 11.0. The molecule has 0 aromatic carbocycles. The van der Waals surface area contributed by atoms with Crippen molar-refractivity contribution in [2.75, 3.05) is 12.4 Å². The second kappa shape index (κ2) is 5.19. The van der Waals surface area contributed by atoms with E-state index in [-0.39, 0.29) is 17.4 Å². The van der Waals surface area contributed by atoms with Gasteiger partial charge in [-0.1, -0.05) is 11.6 Å². The molecule has 0 aliphatic rings. The highest BCUT2D eigenvalue weighted by atomic mass is 35.5. The van der Waals surface area contributed by atoms with Crippen LogP contribution in [-0.2, 0) is 6.54 Å². The summed E-state index contributed by atoms with van der Waals surface area (Å²) in [4.78, 5) is 18.5. The van der Waals surface area contributed by atoms with E-state index in [1.165, 1.54) is 10.9 Å². The number of nitrogens with one attached hydrogen (secondary N) is 1. The largest absolute Gasteiger partial charge is 0.408 e. The van der Waals surface area contributed by atoms with E-state index in [0.29, 0.717) is 11.6 Å². The molecule has 0 saturated carbocycles. The van der Waals surface area contributed by atoms with Crippen LogP contribution in [0.5, 0.6) is 0 Å². The number of anilines is 1. The minimum atomic E-state index is -0.630. The van der Waals surface area contributed by atoms with Gasteiger partial charge in [-0.15, -0.1) is 0 Å². The average molecular weight is 283 g/mol. The Balaban J connectivity index is 2.28. The number of halogens is 1. The van der Waals surface area contributed by atoms with Gasteiger partial charge in [0.1, 0.15) is 12.4 Å². The third-order valence-electron chi connectivity index (χ3n) is 2.33. The maximum absolute atomic E-state index is 10.6. The third-order valence-corrected chi connectivity index (χ3v) is 2.60. The van der Waals surface area contributed by atoms with E-state index in [2.05, 4.69) is 20.4 Å². The molecule has 2 rings (SSSR count). The first-order valence-electron chi connectivity index (χ1n) is 5.39. The van der Waals surface area contributed by atoms with E-state index < -0.39 is 4.92 Å². The molecule has 2 aromatic heterocycles. The standard InChI is InChI=1S/C10H11ClN6O2/c1-6-3-8(12-2)14-9(13-6)5-16-4-7(11)10(15-16)17(18)19/h3-4H,5H2,1-2H3,(H,12,13,14). The van der Waals surface area contributed by atoms with Gasteiger partial charge in [-0.3, -0.25) is 0 Å². The summed E-state index contributed by atoms with van der Waals surface area (Å²) in [7, 11) is 1.75. The molecule has 0 aliphatic carbocycles. The molecule has 0 unspecified atom stereocenters. The van der Waals surface area contributed by atoms with Crippen LogP contribution >= 0.6 is 11.6 Å². The van der Waals surface area contributed by atoms with Crippen molar-refractivity contribution >= 4 is 23.2 Å². The smallest absolute Gasteiger partial charge is 0.373 e. The van der Waals surface area contributed by atoms with Crippen LogP contribution in [0, 0.1) is 17.0 Å². The summed E-state index contributed by atoms with van der Waals surface area (Å²) in [6.45, 7) is 2.05. The number of aryl methyl sites for hydroxylation is 1. The first kappa shape index (κ1) is 13.2. The summed E-state index contributed by atoms with van der Waals surface area (Å²) >= 11 is 5.72. The summed E-state index contributed by atoms with van der Waals surface area (Å²) in [5.41, 5.74) is 0.794. The molecule has 0 saturated heterocycles. The van der Waals surface area contributed by atoms with Crippen LogP contribution in [0.1, 0.15) is 11.5 Å². The number of nitro groups is 1. The molecule has 0 fully saturated rings. The van der Waals surface area contributed by atoms with Crippen molar-refractivity contribution in [3.63, 3.8) is 0 Å². The van der Waals surface area contributed by atoms with Crippen LogP contribution in [-0.4, -0.2) is 31.7 Å². The quantitative estimate of drug-likeness (QED) is 0.676. The van der Waals surface area contributed by atoms with Gasteiger partial charge < -0.3 is 15.4 Å². The first-order chi connectivity index (χ1) is 8.99. The second-order valence-electron chi connectivity index (χ2n) is 3.82. The molecule has 1 N–H and O–H groups in total. The maximum Gasteiger partial charge on any atom is 0.408 e. The monoisotopic (exact) mass is 282 g/mol. The zero-order chi connectivity index (χ0) is 14.0. The van der Waals surface area contributed by atoms with Gasteiger partial charge in [-0.2, -0.15) is 4.68 Å². The van der Waals surface area contributed by atoms with Crippen molar-refractivity contribution in [3.8, 4) is 0 Å². The number of nitrogens with zero attached hydrogens (tertiary/aromatic N) is 5. The molecule has 9 heteroatoms. The topological polar surface area (TPSA) is 98.8 Å². The van der Waals surface area contributed by atoms with Gasteiger partial charge in [0.05, 0.1) is 11.3 Å². The Hall–Kier alpha value is -2.22. The molecule has 0 bridgehead atoms. The van der Waals surface area contributed by atoms with Gasteiger partial charge in [-0.05, 0) is 11.8 Å². The molecular weight excluding hydrogens is 272 g/mol. The lowest BCUT2D eigenvalue weighted by atomic mass is 10.4. The molecule has 0 amide bonds. The van der Waals surface area contributed by atoms with E-state index >= 15 is 0 Å². The van der Waals surface area contributed by atoms with Gasteiger partial charge in [0.2, 0.25) is 0 Å². The molecule has 8 nitrogen and oxygen atoms in total. The van der Waals surface area contributed by atoms with Crippen molar-refractivity contribution in [2.24, 2.45) is 0 Å². The van der Waals surface area contributed by atoms with E-state index in [0.717, 1.165) is 5.69 Å². The van der Waals surface area contributed by atoms with E-state index in [4.69, 9.17) is 11.6 Å². The van der Waals surface area contributed by atoms with E-state index in [9.17, 15) is 10.1 Å². The predicted octanol–water partition coefficient (Wildman–Crippen LogP) is 1.63. The fourth-order valence-electron chi connectivity index (χ4n) is 1.57. The number of hydrogen-bond acceptors (Lipinski definition) is 6. The molecule has 0 aliphatic heterocycles. The minimum absolute atomic E-state index is 0.00788. The van der Waals surface area contributed by atoms with E-state index in [1.807, 2.05) is 6.92 Å². The Morgan fingerprint density at radius 3 is 2.84 bits per heavy atom. The summed E-state index contributed by atoms with van der Waals surface area (Å²) < 4.78 is 1.34. The van der Waals surface area contributed by atoms with Gasteiger partial charge in [0.25, 0.3) is 0 Å². The number of hydrogen-bond donors (Lipinski definition) is 1. The minimum Gasteiger partial charge on any atom is -0.373 e. The van der Waals surface area contributed by atoms with Gasteiger partial charge in [0, 0.05) is 18.8 Å². The summed E-state index contributed by atoms with van der Waals surface area (Å²) in [6, 6.07) is 1.79. The molecule has 100 valence electrons. The Morgan fingerprint density at radius 2 is 2.26 bits per heavy atom. The zero-order valence-electron chi connectivity index (χ0n) is 10.3. The fourth-order valence-corrected chi connectivity index (χ4v) is 1.78. The summed E-state index contributed by atoms with van der Waals surface area (Å²) in [6.07, 6.45) is 1.38. The average Bonchev–Trinajstić information content (AvgIpc) is 2.69. The summed E-state index contributed by atoms with van der Waals surface area (Å²) in [5, 5.41) is 17.3. The van der Waals surface area contributed by atoms with E-state index in [1.54, 1.807) is 13.1 Å². The molecular formula is C10H11ClN6O2. The molecule has 2 aromatic rings. The number of aromatic nitrogens is 4.